The molecule has 0 amide bonds. The maximum Gasteiger partial charge on any atom is 0.205 e. The van der Waals surface area contributed by atoms with E-state index in [9.17, 15) is 8.42 Å². The van der Waals surface area contributed by atoms with E-state index >= 15 is 0 Å². The van der Waals surface area contributed by atoms with Gasteiger partial charge in [-0.25, -0.2) is 14.3 Å². The van der Waals surface area contributed by atoms with Crippen LogP contribution in [0, 0.1) is 0 Å². The van der Waals surface area contributed by atoms with Crippen LogP contribution in [-0.2, 0) is 9.84 Å². The van der Waals surface area contributed by atoms with E-state index < -0.39 is 9.84 Å². The molecule has 0 aromatic heterocycles. The zero-order valence-electron chi connectivity index (χ0n) is 7.87. The van der Waals surface area contributed by atoms with Gasteiger partial charge in [-0.05, 0) is 6.42 Å². The van der Waals surface area contributed by atoms with Crippen molar-refractivity contribution in [2.75, 3.05) is 25.6 Å². The summed E-state index contributed by atoms with van der Waals surface area (Å²) in [5, 5.41) is 2.84. The molecule has 6 nitrogen and oxygen atoms in total. The van der Waals surface area contributed by atoms with Crippen LogP contribution in [-0.4, -0.2) is 40.0 Å². The maximum absolute atomic E-state index is 10.7. The van der Waals surface area contributed by atoms with Crippen molar-refractivity contribution in [1.82, 2.24) is 10.7 Å². The lowest BCUT2D eigenvalue weighted by molar-refractivity contribution is 0.598. The second-order valence-corrected chi connectivity index (χ2v) is 4.89. The number of rotatable bonds is 4. The van der Waals surface area contributed by atoms with Crippen LogP contribution in [0.1, 0.15) is 6.42 Å². The number of hydrazine groups is 1. The molecule has 0 aliphatic heterocycles. The molecule has 0 aliphatic carbocycles. The summed E-state index contributed by atoms with van der Waals surface area (Å²) in [4.78, 5) is 3.76. The van der Waals surface area contributed by atoms with Gasteiger partial charge in [0.2, 0.25) is 5.96 Å². The highest BCUT2D eigenvalue weighted by Gasteiger charge is 2.01. The molecule has 0 fully saturated rings. The molecule has 0 bridgehead atoms. The molecule has 0 aliphatic rings. The van der Waals surface area contributed by atoms with E-state index in [1.54, 1.807) is 7.05 Å². The van der Waals surface area contributed by atoms with E-state index in [0.29, 0.717) is 18.9 Å². The van der Waals surface area contributed by atoms with Gasteiger partial charge >= 0.3 is 0 Å². The van der Waals surface area contributed by atoms with Gasteiger partial charge in [0, 0.05) is 19.8 Å². The lowest BCUT2D eigenvalue weighted by Crippen LogP contribution is -2.42. The summed E-state index contributed by atoms with van der Waals surface area (Å²) < 4.78 is 21.4. The molecule has 0 saturated carbocycles. The second-order valence-electron chi connectivity index (χ2n) is 2.63. The number of nitrogens with two attached hydrogens (primary N) is 1. The number of nitrogens with zero attached hydrogens (tertiary/aromatic N) is 1. The van der Waals surface area contributed by atoms with Gasteiger partial charge in [0.25, 0.3) is 0 Å². The van der Waals surface area contributed by atoms with Crippen molar-refractivity contribution in [3.63, 3.8) is 0 Å². The smallest absolute Gasteiger partial charge is 0.205 e. The van der Waals surface area contributed by atoms with Crippen molar-refractivity contribution in [2.45, 2.75) is 6.42 Å². The van der Waals surface area contributed by atoms with Gasteiger partial charge in [0.05, 0.1) is 5.75 Å². The highest BCUT2D eigenvalue weighted by atomic mass is 32.2. The van der Waals surface area contributed by atoms with Gasteiger partial charge in [-0.1, -0.05) is 0 Å². The first kappa shape index (κ1) is 12.2. The molecule has 78 valence electrons. The molecule has 0 aromatic carbocycles. The first-order valence-corrected chi connectivity index (χ1v) is 5.90. The van der Waals surface area contributed by atoms with Crippen LogP contribution in [0.25, 0.3) is 0 Å². The van der Waals surface area contributed by atoms with Crippen LogP contribution in [0.15, 0.2) is 4.99 Å². The minimum absolute atomic E-state index is 0.168. The maximum atomic E-state index is 10.7. The summed E-state index contributed by atoms with van der Waals surface area (Å²) in [6.07, 6.45) is 1.75. The molecule has 0 saturated heterocycles. The van der Waals surface area contributed by atoms with Gasteiger partial charge in [0.1, 0.15) is 9.84 Å². The summed E-state index contributed by atoms with van der Waals surface area (Å²) in [6.45, 7) is 0.532. The third-order valence-corrected chi connectivity index (χ3v) is 2.37. The van der Waals surface area contributed by atoms with Crippen LogP contribution >= 0.6 is 0 Å². The fourth-order valence-electron chi connectivity index (χ4n) is 0.736. The van der Waals surface area contributed by atoms with Gasteiger partial charge in [-0.15, -0.1) is 0 Å². The summed E-state index contributed by atoms with van der Waals surface area (Å²) in [6, 6.07) is 0. The lowest BCUT2D eigenvalue weighted by atomic mass is 10.5. The Hall–Kier alpha value is -0.820. The highest BCUT2D eigenvalue weighted by Crippen LogP contribution is 1.86. The van der Waals surface area contributed by atoms with E-state index in [1.807, 2.05) is 0 Å². The van der Waals surface area contributed by atoms with Crippen molar-refractivity contribution in [2.24, 2.45) is 10.8 Å². The number of sulfone groups is 1. The normalized spacial score (nSPS) is 12.7. The zero-order valence-corrected chi connectivity index (χ0v) is 8.69. The fourth-order valence-corrected chi connectivity index (χ4v) is 1.40. The molecule has 0 heterocycles. The summed E-state index contributed by atoms with van der Waals surface area (Å²) in [7, 11) is -1.28. The first-order valence-electron chi connectivity index (χ1n) is 3.84. The molecule has 4 N–H and O–H groups in total. The van der Waals surface area contributed by atoms with E-state index in [4.69, 9.17) is 5.84 Å². The van der Waals surface area contributed by atoms with Crippen LogP contribution in [0.5, 0.6) is 0 Å². The molecule has 0 rings (SSSR count). The molecule has 13 heavy (non-hydrogen) atoms. The summed E-state index contributed by atoms with van der Waals surface area (Å²) in [5.74, 6) is 5.71. The monoisotopic (exact) mass is 208 g/mol. The molecular formula is C6H16N4O2S. The fraction of sp³-hybridized carbons (Fsp3) is 0.833. The summed E-state index contributed by atoms with van der Waals surface area (Å²) >= 11 is 0. The Bertz CT molecular complexity index is 260. The molecule has 0 unspecified atom stereocenters. The Balaban J connectivity index is 3.58. The number of aliphatic imine (C=N–C) groups is 1. The van der Waals surface area contributed by atoms with Gasteiger partial charge in [-0.3, -0.25) is 10.4 Å². The molecule has 0 spiro atoms. The largest absolute Gasteiger partial charge is 0.355 e. The average molecular weight is 208 g/mol. The number of hydrogen-bond acceptors (Lipinski definition) is 4. The third-order valence-electron chi connectivity index (χ3n) is 1.34. The third kappa shape index (κ3) is 7.54. The number of hydrogen-bond donors (Lipinski definition) is 3. The van der Waals surface area contributed by atoms with Crippen molar-refractivity contribution in [1.29, 1.82) is 0 Å². The Labute approximate surface area is 78.5 Å². The van der Waals surface area contributed by atoms with Crippen LogP contribution in [0.3, 0.4) is 0 Å². The van der Waals surface area contributed by atoms with Crippen LogP contribution in [0.2, 0.25) is 0 Å². The number of nitrogens with one attached hydrogen (secondary N) is 2. The predicted octanol–water partition coefficient (Wildman–Crippen LogP) is -1.54. The summed E-state index contributed by atoms with van der Waals surface area (Å²) in [5.41, 5.74) is 2.34. The van der Waals surface area contributed by atoms with Crippen molar-refractivity contribution in [3.8, 4) is 0 Å². The van der Waals surface area contributed by atoms with Crippen molar-refractivity contribution >= 4 is 15.8 Å². The van der Waals surface area contributed by atoms with Crippen LogP contribution < -0.4 is 16.6 Å². The Kier molecular flexibility index (Phi) is 5.40. The van der Waals surface area contributed by atoms with E-state index in [-0.39, 0.29) is 5.75 Å². The standard InChI is InChI=1S/C6H16N4O2S/c1-8-6(10-7)9-4-3-5-13(2,11)12/h3-5,7H2,1-2H3,(H2,8,9,10). The van der Waals surface area contributed by atoms with Gasteiger partial charge in [-0.2, -0.15) is 0 Å². The second kappa shape index (κ2) is 5.76. The van der Waals surface area contributed by atoms with Crippen LogP contribution in [0.4, 0.5) is 0 Å². The Morgan fingerprint density at radius 1 is 1.54 bits per heavy atom. The molecule has 7 heteroatoms. The quantitative estimate of drug-likeness (QED) is 0.171. The molecular weight excluding hydrogens is 192 g/mol. The Morgan fingerprint density at radius 2 is 2.15 bits per heavy atom. The van der Waals surface area contributed by atoms with E-state index in [2.05, 4.69) is 15.7 Å². The van der Waals surface area contributed by atoms with Gasteiger partial charge < -0.3 is 5.32 Å². The molecule has 0 aromatic rings. The molecule has 0 radical (unpaired) electrons. The SMILES string of the molecule is CN=C(NN)NCCCS(C)(=O)=O. The van der Waals surface area contributed by atoms with Gasteiger partial charge in [0.15, 0.2) is 0 Å². The minimum atomic E-state index is -2.87. The average Bonchev–Trinajstić information content (AvgIpc) is 2.03. The minimum Gasteiger partial charge on any atom is -0.355 e. The Morgan fingerprint density at radius 3 is 2.54 bits per heavy atom. The van der Waals surface area contributed by atoms with Crippen molar-refractivity contribution in [3.05, 3.63) is 0 Å². The van der Waals surface area contributed by atoms with E-state index in [1.165, 1.54) is 6.26 Å². The topological polar surface area (TPSA) is 96.6 Å². The van der Waals surface area contributed by atoms with E-state index in [0.717, 1.165) is 0 Å². The highest BCUT2D eigenvalue weighted by molar-refractivity contribution is 7.90. The lowest BCUT2D eigenvalue weighted by Gasteiger charge is -2.06. The molecule has 0 atom stereocenters. The predicted molar refractivity (Wildman–Crippen MR) is 53.0 cm³/mol. The van der Waals surface area contributed by atoms with Crippen molar-refractivity contribution < 1.29 is 8.42 Å². The number of guanidine groups is 1. The first-order chi connectivity index (χ1) is 5.99. The zero-order chi connectivity index (χ0) is 10.3.